The molecule has 1 amide bonds. The molecule has 0 aliphatic rings. The van der Waals surface area contributed by atoms with Gasteiger partial charge in [0.05, 0.1) is 6.04 Å². The van der Waals surface area contributed by atoms with E-state index < -0.39 is 6.04 Å². The van der Waals surface area contributed by atoms with Gasteiger partial charge in [0.2, 0.25) is 5.91 Å². The second-order valence-electron chi connectivity index (χ2n) is 5.75. The molecule has 100 valence electrons. The summed E-state index contributed by atoms with van der Waals surface area (Å²) in [6, 6.07) is 3.43. The first-order valence-electron chi connectivity index (χ1n) is 5.96. The Morgan fingerprint density at radius 3 is 2.11 bits per heavy atom. The van der Waals surface area contributed by atoms with E-state index in [4.69, 9.17) is 5.73 Å². The highest BCUT2D eigenvalue weighted by Gasteiger charge is 2.27. The summed E-state index contributed by atoms with van der Waals surface area (Å²) in [5.74, 6) is -0.143. The molecule has 1 aromatic carbocycles. The first-order chi connectivity index (χ1) is 8.12. The van der Waals surface area contributed by atoms with E-state index in [9.17, 15) is 4.79 Å². The maximum atomic E-state index is 12.1. The van der Waals surface area contributed by atoms with Gasteiger partial charge in [-0.1, -0.05) is 36.7 Å². The number of carbonyl (C=O) groups is 1. The Balaban J connectivity index is 2.96. The minimum absolute atomic E-state index is 0.143. The summed E-state index contributed by atoms with van der Waals surface area (Å²) in [6.45, 7) is 9.81. The molecule has 4 heteroatoms. The topological polar surface area (TPSA) is 55.1 Å². The molecular formula is C14H21BrN2O. The molecular weight excluding hydrogens is 292 g/mol. The number of anilines is 1. The summed E-state index contributed by atoms with van der Waals surface area (Å²) < 4.78 is 1.01. The molecule has 3 nitrogen and oxygen atoms in total. The lowest BCUT2D eigenvalue weighted by Gasteiger charge is -2.26. The number of nitrogens with one attached hydrogen (secondary N) is 1. The normalized spacial score (nSPS) is 13.3. The highest BCUT2D eigenvalue weighted by atomic mass is 79.9. The van der Waals surface area contributed by atoms with Crippen LogP contribution in [-0.2, 0) is 4.79 Å². The summed E-state index contributed by atoms with van der Waals surface area (Å²) in [6.07, 6.45) is 0. The largest absolute Gasteiger partial charge is 0.324 e. The fraction of sp³-hybridized carbons (Fsp3) is 0.500. The van der Waals surface area contributed by atoms with E-state index in [0.717, 1.165) is 21.3 Å². The lowest BCUT2D eigenvalue weighted by molar-refractivity contribution is -0.119. The van der Waals surface area contributed by atoms with E-state index in [1.54, 1.807) is 0 Å². The fourth-order valence-electron chi connectivity index (χ4n) is 1.70. The summed E-state index contributed by atoms with van der Waals surface area (Å²) >= 11 is 3.44. The van der Waals surface area contributed by atoms with Gasteiger partial charge in [0.1, 0.15) is 0 Å². The predicted molar refractivity (Wildman–Crippen MR) is 79.7 cm³/mol. The molecule has 0 bridgehead atoms. The van der Waals surface area contributed by atoms with Crippen molar-refractivity contribution in [2.75, 3.05) is 5.32 Å². The molecule has 18 heavy (non-hydrogen) atoms. The van der Waals surface area contributed by atoms with Crippen LogP contribution in [-0.4, -0.2) is 11.9 Å². The molecule has 0 saturated heterocycles. The third-order valence-electron chi connectivity index (χ3n) is 2.96. The van der Waals surface area contributed by atoms with E-state index in [2.05, 4.69) is 21.2 Å². The third-order valence-corrected chi connectivity index (χ3v) is 3.42. The van der Waals surface area contributed by atoms with Crippen molar-refractivity contribution in [3.63, 3.8) is 0 Å². The SMILES string of the molecule is Cc1cc(Br)cc(C)c1NC(=O)C(N)C(C)(C)C. The number of amides is 1. The summed E-state index contributed by atoms with van der Waals surface area (Å²) in [5.41, 5.74) is 8.60. The highest BCUT2D eigenvalue weighted by Crippen LogP contribution is 2.26. The second kappa shape index (κ2) is 5.41. The van der Waals surface area contributed by atoms with Crippen molar-refractivity contribution in [2.45, 2.75) is 40.7 Å². The van der Waals surface area contributed by atoms with Gasteiger partial charge >= 0.3 is 0 Å². The van der Waals surface area contributed by atoms with Crippen LogP contribution >= 0.6 is 15.9 Å². The molecule has 0 radical (unpaired) electrons. The van der Waals surface area contributed by atoms with Gasteiger partial charge < -0.3 is 11.1 Å². The zero-order valence-electron chi connectivity index (χ0n) is 11.6. The maximum absolute atomic E-state index is 12.1. The van der Waals surface area contributed by atoms with Crippen molar-refractivity contribution in [3.8, 4) is 0 Å². The van der Waals surface area contributed by atoms with Crippen LogP contribution in [0.2, 0.25) is 0 Å². The van der Waals surface area contributed by atoms with E-state index in [0.29, 0.717) is 0 Å². The average molecular weight is 313 g/mol. The zero-order valence-corrected chi connectivity index (χ0v) is 13.2. The van der Waals surface area contributed by atoms with Crippen LogP contribution in [0.1, 0.15) is 31.9 Å². The van der Waals surface area contributed by atoms with Crippen molar-refractivity contribution in [3.05, 3.63) is 27.7 Å². The van der Waals surface area contributed by atoms with Gasteiger partial charge in [-0.25, -0.2) is 0 Å². The number of nitrogens with two attached hydrogens (primary N) is 1. The van der Waals surface area contributed by atoms with Gasteiger partial charge in [-0.15, -0.1) is 0 Å². The van der Waals surface area contributed by atoms with E-state index in [-0.39, 0.29) is 11.3 Å². The monoisotopic (exact) mass is 312 g/mol. The van der Waals surface area contributed by atoms with E-state index >= 15 is 0 Å². The number of benzene rings is 1. The van der Waals surface area contributed by atoms with Crippen molar-refractivity contribution in [1.82, 2.24) is 0 Å². The van der Waals surface area contributed by atoms with Crippen LogP contribution in [0.5, 0.6) is 0 Å². The Bertz CT molecular complexity index is 440. The number of carbonyl (C=O) groups excluding carboxylic acids is 1. The van der Waals surface area contributed by atoms with Crippen LogP contribution in [0.4, 0.5) is 5.69 Å². The molecule has 0 saturated carbocycles. The fourth-order valence-corrected chi connectivity index (χ4v) is 2.39. The quantitative estimate of drug-likeness (QED) is 0.879. The number of halogens is 1. The number of rotatable bonds is 2. The van der Waals surface area contributed by atoms with Gasteiger partial charge in [0.25, 0.3) is 0 Å². The van der Waals surface area contributed by atoms with Crippen molar-refractivity contribution >= 4 is 27.5 Å². The van der Waals surface area contributed by atoms with Crippen LogP contribution in [0.3, 0.4) is 0 Å². The summed E-state index contributed by atoms with van der Waals surface area (Å²) in [7, 11) is 0. The Labute approximate surface area is 117 Å². The number of aryl methyl sites for hydroxylation is 2. The van der Waals surface area contributed by atoms with Crippen molar-refractivity contribution < 1.29 is 4.79 Å². The molecule has 1 rings (SSSR count). The standard InChI is InChI=1S/C14H21BrN2O/c1-8-6-10(15)7-9(2)11(8)17-13(18)12(16)14(3,4)5/h6-7,12H,16H2,1-5H3,(H,17,18). The zero-order chi connectivity index (χ0) is 14.1. The lowest BCUT2D eigenvalue weighted by Crippen LogP contribution is -2.45. The molecule has 0 aromatic heterocycles. The van der Waals surface area contributed by atoms with Gasteiger partial charge in [-0.3, -0.25) is 4.79 Å². The Morgan fingerprint density at radius 1 is 1.28 bits per heavy atom. The molecule has 3 N–H and O–H groups in total. The van der Waals surface area contributed by atoms with Crippen molar-refractivity contribution in [1.29, 1.82) is 0 Å². The molecule has 1 aromatic rings. The van der Waals surface area contributed by atoms with Gasteiger partial charge in [0.15, 0.2) is 0 Å². The summed E-state index contributed by atoms with van der Waals surface area (Å²) in [4.78, 5) is 12.1. The predicted octanol–water partition coefficient (Wildman–Crippen LogP) is 3.38. The Hall–Kier alpha value is -0.870. The molecule has 0 aliphatic heterocycles. The van der Waals surface area contributed by atoms with E-state index in [1.807, 2.05) is 46.8 Å². The number of hydrogen-bond donors (Lipinski definition) is 2. The Kier molecular flexibility index (Phi) is 4.56. The first-order valence-corrected chi connectivity index (χ1v) is 6.75. The molecule has 0 heterocycles. The number of hydrogen-bond acceptors (Lipinski definition) is 2. The second-order valence-corrected chi connectivity index (χ2v) is 6.66. The highest BCUT2D eigenvalue weighted by molar-refractivity contribution is 9.10. The van der Waals surface area contributed by atoms with Gasteiger partial charge in [-0.2, -0.15) is 0 Å². The molecule has 1 atom stereocenters. The maximum Gasteiger partial charge on any atom is 0.241 e. The third kappa shape index (κ3) is 3.56. The Morgan fingerprint density at radius 2 is 1.72 bits per heavy atom. The smallest absolute Gasteiger partial charge is 0.241 e. The van der Waals surface area contributed by atoms with E-state index in [1.165, 1.54) is 0 Å². The van der Waals surface area contributed by atoms with Crippen LogP contribution in [0, 0.1) is 19.3 Å². The van der Waals surface area contributed by atoms with Gasteiger partial charge in [-0.05, 0) is 42.5 Å². The average Bonchev–Trinajstić information content (AvgIpc) is 2.20. The molecule has 0 aliphatic carbocycles. The van der Waals surface area contributed by atoms with Gasteiger partial charge in [0, 0.05) is 10.2 Å². The van der Waals surface area contributed by atoms with Crippen LogP contribution in [0.25, 0.3) is 0 Å². The first kappa shape index (κ1) is 15.2. The molecule has 0 spiro atoms. The minimum Gasteiger partial charge on any atom is -0.324 e. The van der Waals surface area contributed by atoms with Crippen LogP contribution in [0.15, 0.2) is 16.6 Å². The summed E-state index contributed by atoms with van der Waals surface area (Å²) in [5, 5.41) is 2.93. The minimum atomic E-state index is -0.528. The molecule has 0 fully saturated rings. The lowest BCUT2D eigenvalue weighted by atomic mass is 9.87. The molecule has 1 unspecified atom stereocenters. The van der Waals surface area contributed by atoms with Crippen molar-refractivity contribution in [2.24, 2.45) is 11.1 Å². The van der Waals surface area contributed by atoms with Crippen LogP contribution < -0.4 is 11.1 Å².